The minimum absolute atomic E-state index is 0.0687. The molecule has 0 aliphatic heterocycles. The molecule has 2 aromatic carbocycles. The van der Waals surface area contributed by atoms with Crippen molar-refractivity contribution in [2.75, 3.05) is 6.61 Å². The Kier molecular flexibility index (Phi) is 11.6. The molecular weight excluding hydrogens is 476 g/mol. The number of aliphatic carboxylic acids is 1. The number of carbonyl (C=O) groups is 1. The molecule has 0 unspecified atom stereocenters. The highest BCUT2D eigenvalue weighted by Gasteiger charge is 2.32. The molecule has 3 N–H and O–H groups in total. The van der Waals surface area contributed by atoms with Crippen molar-refractivity contribution in [3.63, 3.8) is 0 Å². The van der Waals surface area contributed by atoms with Crippen molar-refractivity contribution >= 4 is 11.5 Å². The molecule has 0 radical (unpaired) electrons. The predicted molar refractivity (Wildman–Crippen MR) is 156 cm³/mol. The van der Waals surface area contributed by atoms with E-state index in [0.717, 1.165) is 24.8 Å². The molecule has 0 saturated heterocycles. The first-order valence-corrected chi connectivity index (χ1v) is 14.2. The van der Waals surface area contributed by atoms with Gasteiger partial charge in [-0.25, -0.2) is 0 Å². The fraction of sp³-hybridized carbons (Fsp3) is 0.545. The van der Waals surface area contributed by atoms with Crippen LogP contribution in [0.5, 0.6) is 5.75 Å². The Bertz CT molecular complexity index is 1090. The van der Waals surface area contributed by atoms with Crippen molar-refractivity contribution in [1.82, 2.24) is 0 Å². The molecule has 2 aromatic rings. The highest BCUT2D eigenvalue weighted by molar-refractivity contribution is 5.70. The maximum atomic E-state index is 10.9. The zero-order chi connectivity index (χ0) is 28.5. The van der Waals surface area contributed by atoms with E-state index in [2.05, 4.69) is 64.1 Å². The van der Waals surface area contributed by atoms with Crippen LogP contribution in [-0.4, -0.2) is 39.6 Å². The van der Waals surface area contributed by atoms with E-state index in [0.29, 0.717) is 18.6 Å². The van der Waals surface area contributed by atoms with Gasteiger partial charge in [0.1, 0.15) is 12.4 Å². The van der Waals surface area contributed by atoms with E-state index in [4.69, 9.17) is 9.84 Å². The van der Waals surface area contributed by atoms with E-state index >= 15 is 0 Å². The van der Waals surface area contributed by atoms with E-state index < -0.39 is 17.7 Å². The molecule has 0 saturated carbocycles. The van der Waals surface area contributed by atoms with Gasteiger partial charge in [-0.15, -0.1) is 0 Å². The largest absolute Gasteiger partial charge is 0.491 e. The normalized spacial score (nSPS) is 13.4. The molecule has 0 aliphatic carbocycles. The van der Waals surface area contributed by atoms with Crippen LogP contribution in [0, 0.1) is 13.8 Å². The Balaban J connectivity index is 2.39. The van der Waals surface area contributed by atoms with Gasteiger partial charge in [0.05, 0.1) is 11.7 Å². The quantitative estimate of drug-likeness (QED) is 0.227. The van der Waals surface area contributed by atoms with Gasteiger partial charge < -0.3 is 20.1 Å². The average molecular weight is 525 g/mol. The number of aliphatic hydroxyl groups excluding tert-OH is 1. The summed E-state index contributed by atoms with van der Waals surface area (Å²) in [6, 6.07) is 13.0. The number of carboxylic acid groups (broad SMARTS) is 1. The number of hydrogen-bond acceptors (Lipinski definition) is 4. The first-order valence-electron chi connectivity index (χ1n) is 14.2. The Morgan fingerprint density at radius 1 is 0.921 bits per heavy atom. The second-order valence-corrected chi connectivity index (χ2v) is 10.5. The lowest BCUT2D eigenvalue weighted by Gasteiger charge is -2.34. The van der Waals surface area contributed by atoms with Crippen molar-refractivity contribution < 1.29 is 24.9 Å². The first kappa shape index (κ1) is 31.6. The van der Waals surface area contributed by atoms with E-state index in [9.17, 15) is 15.0 Å². The Morgan fingerprint density at radius 2 is 1.50 bits per heavy atom. The monoisotopic (exact) mass is 524 g/mol. The lowest BCUT2D eigenvalue weighted by atomic mass is 9.69. The predicted octanol–water partition coefficient (Wildman–Crippen LogP) is 7.36. The maximum Gasteiger partial charge on any atom is 0.303 e. The molecule has 5 heteroatoms. The molecular formula is C33H48O5. The number of hydrogen-bond donors (Lipinski definition) is 3. The van der Waals surface area contributed by atoms with Gasteiger partial charge in [0.15, 0.2) is 0 Å². The van der Waals surface area contributed by atoms with Crippen LogP contribution >= 0.6 is 0 Å². The second kappa shape index (κ2) is 14.0. The number of rotatable bonds is 15. The van der Waals surface area contributed by atoms with Gasteiger partial charge in [0.25, 0.3) is 0 Å². The standard InChI is InChI=1S/C33H48O5/c1-8-25(21-32(37,9-2)10-3)29-16-13-26(19-23(29)6)33(11-4,12-5)27-14-17-30(24(7)20-27)38-22-28(34)15-18-31(35)36/h13-14,16-17,19-21,28,34,37H,8-12,15,18,22H2,1-7H3,(H,35,36)/b25-21+/t28-/m0/s1. The van der Waals surface area contributed by atoms with Gasteiger partial charge >= 0.3 is 5.97 Å². The van der Waals surface area contributed by atoms with E-state index in [1.165, 1.54) is 27.8 Å². The van der Waals surface area contributed by atoms with E-state index in [1.807, 2.05) is 26.8 Å². The third kappa shape index (κ3) is 7.48. The summed E-state index contributed by atoms with van der Waals surface area (Å²) in [7, 11) is 0. The molecule has 0 heterocycles. The second-order valence-electron chi connectivity index (χ2n) is 10.5. The molecule has 0 aromatic heterocycles. The smallest absolute Gasteiger partial charge is 0.303 e. The SMILES string of the molecule is CC/C(=C\C(O)(CC)CC)c1ccc(C(CC)(CC)c2ccc(OC[C@@H](O)CCC(=O)O)c(C)c2)cc1C. The van der Waals surface area contributed by atoms with Gasteiger partial charge in [-0.3, -0.25) is 4.79 Å². The Morgan fingerprint density at radius 3 is 1.97 bits per heavy atom. The van der Waals surface area contributed by atoms with Gasteiger partial charge in [-0.1, -0.05) is 65.0 Å². The fourth-order valence-corrected chi connectivity index (χ4v) is 5.37. The third-order valence-electron chi connectivity index (χ3n) is 8.23. The zero-order valence-electron chi connectivity index (χ0n) is 24.4. The first-order chi connectivity index (χ1) is 18.0. The van der Waals surface area contributed by atoms with Crippen LogP contribution in [0.4, 0.5) is 0 Å². The fourth-order valence-electron chi connectivity index (χ4n) is 5.37. The molecule has 0 spiro atoms. The molecule has 0 bridgehead atoms. The Labute approximate surface area is 229 Å². The summed E-state index contributed by atoms with van der Waals surface area (Å²) in [5, 5.41) is 29.8. The van der Waals surface area contributed by atoms with E-state index in [1.54, 1.807) is 0 Å². The van der Waals surface area contributed by atoms with E-state index in [-0.39, 0.29) is 24.9 Å². The third-order valence-corrected chi connectivity index (χ3v) is 8.23. The van der Waals surface area contributed by atoms with Gasteiger partial charge in [0.2, 0.25) is 0 Å². The van der Waals surface area contributed by atoms with Crippen molar-refractivity contribution in [1.29, 1.82) is 0 Å². The summed E-state index contributed by atoms with van der Waals surface area (Å²) in [5.41, 5.74) is 6.14. The van der Waals surface area contributed by atoms with Gasteiger partial charge in [0, 0.05) is 11.8 Å². The summed E-state index contributed by atoms with van der Waals surface area (Å²) in [5.74, 6) is -0.221. The molecule has 2 rings (SSSR count). The molecule has 210 valence electrons. The number of allylic oxidation sites excluding steroid dienone is 1. The van der Waals surface area contributed by atoms with Crippen LogP contribution in [0.3, 0.4) is 0 Å². The molecule has 1 atom stereocenters. The van der Waals surface area contributed by atoms with Crippen molar-refractivity contribution in [2.24, 2.45) is 0 Å². The van der Waals surface area contributed by atoms with Gasteiger partial charge in [-0.05, 0) is 97.9 Å². The highest BCUT2D eigenvalue weighted by atomic mass is 16.5. The highest BCUT2D eigenvalue weighted by Crippen LogP contribution is 2.41. The lowest BCUT2D eigenvalue weighted by molar-refractivity contribution is -0.137. The molecule has 5 nitrogen and oxygen atoms in total. The Hall–Kier alpha value is -2.63. The van der Waals surface area contributed by atoms with Crippen LogP contribution in [0.15, 0.2) is 42.5 Å². The summed E-state index contributed by atoms with van der Waals surface area (Å²) in [6.07, 6.45) is 5.47. The topological polar surface area (TPSA) is 87.0 Å². The summed E-state index contributed by atoms with van der Waals surface area (Å²) in [4.78, 5) is 10.7. The van der Waals surface area contributed by atoms with Crippen molar-refractivity contribution in [3.05, 3.63) is 70.3 Å². The van der Waals surface area contributed by atoms with Gasteiger partial charge in [-0.2, -0.15) is 0 Å². The number of benzene rings is 2. The molecule has 38 heavy (non-hydrogen) atoms. The average Bonchev–Trinajstić information content (AvgIpc) is 2.91. The summed E-state index contributed by atoms with van der Waals surface area (Å²) >= 11 is 0. The summed E-state index contributed by atoms with van der Waals surface area (Å²) < 4.78 is 5.83. The number of ether oxygens (including phenoxy) is 1. The van der Waals surface area contributed by atoms with Crippen LogP contribution in [-0.2, 0) is 10.2 Å². The van der Waals surface area contributed by atoms with Crippen LogP contribution < -0.4 is 4.74 Å². The zero-order valence-corrected chi connectivity index (χ0v) is 24.4. The van der Waals surface area contributed by atoms with Crippen LogP contribution in [0.2, 0.25) is 0 Å². The van der Waals surface area contributed by atoms with Crippen LogP contribution in [0.25, 0.3) is 5.57 Å². The number of aliphatic hydroxyl groups is 2. The maximum absolute atomic E-state index is 10.9. The van der Waals surface area contributed by atoms with Crippen molar-refractivity contribution in [3.8, 4) is 5.75 Å². The van der Waals surface area contributed by atoms with Crippen LogP contribution in [0.1, 0.15) is 107 Å². The minimum Gasteiger partial charge on any atom is -0.491 e. The number of carboxylic acids is 1. The molecule has 0 aliphatic rings. The van der Waals surface area contributed by atoms with Crippen molar-refractivity contribution in [2.45, 2.75) is 111 Å². The summed E-state index contributed by atoms with van der Waals surface area (Å²) in [6.45, 7) is 14.9. The molecule has 0 fully saturated rings. The number of aryl methyl sites for hydroxylation is 2. The molecule has 0 amide bonds. The minimum atomic E-state index is -0.923. The lowest BCUT2D eigenvalue weighted by Crippen LogP contribution is -2.26.